The number of fused-ring (bicyclic) bond motifs is 1. The van der Waals surface area contributed by atoms with Gasteiger partial charge in [0.25, 0.3) is 0 Å². The maximum absolute atomic E-state index is 9.38. The van der Waals surface area contributed by atoms with Crippen molar-refractivity contribution >= 4 is 22.9 Å². The average Bonchev–Trinajstić information content (AvgIpc) is 3.12. The lowest BCUT2D eigenvalue weighted by Crippen LogP contribution is -2.42. The maximum Gasteiger partial charge on any atom is 0.178 e. The summed E-state index contributed by atoms with van der Waals surface area (Å²) in [5.74, 6) is 0. The summed E-state index contributed by atoms with van der Waals surface area (Å²) in [4.78, 5) is 6.72. The topological polar surface area (TPSA) is 57.2 Å². The predicted molar refractivity (Wildman–Crippen MR) is 97.8 cm³/mol. The standard InChI is InChI=1S/C19H18ClN5/c20-16-5-3-15(4-6-16)19(7-10-21)8-12-24(13-9-19)17-2-1-11-25-18(17)22-14-23-25/h1-6,11,14H,7-9,12-13H2. The monoisotopic (exact) mass is 351 g/mol. The normalized spacial score (nSPS) is 16.7. The van der Waals surface area contributed by atoms with Crippen LogP contribution in [-0.4, -0.2) is 27.7 Å². The lowest BCUT2D eigenvalue weighted by molar-refractivity contribution is 0.337. The van der Waals surface area contributed by atoms with Crippen molar-refractivity contribution in [2.45, 2.75) is 24.7 Å². The van der Waals surface area contributed by atoms with E-state index in [0.717, 1.165) is 42.3 Å². The van der Waals surface area contributed by atoms with Crippen LogP contribution < -0.4 is 4.90 Å². The number of benzene rings is 1. The summed E-state index contributed by atoms with van der Waals surface area (Å²) < 4.78 is 1.80. The number of nitriles is 1. The minimum absolute atomic E-state index is 0.103. The molecule has 1 aliphatic heterocycles. The lowest BCUT2D eigenvalue weighted by Gasteiger charge is -2.42. The Labute approximate surface area is 151 Å². The second-order valence-corrected chi connectivity index (χ2v) is 6.97. The molecule has 2 aromatic heterocycles. The molecule has 0 saturated carbocycles. The quantitative estimate of drug-likeness (QED) is 0.719. The smallest absolute Gasteiger partial charge is 0.178 e. The Morgan fingerprint density at radius 2 is 1.92 bits per heavy atom. The molecule has 1 aromatic carbocycles. The Kier molecular flexibility index (Phi) is 4.06. The van der Waals surface area contributed by atoms with E-state index in [1.165, 1.54) is 5.56 Å². The molecular formula is C19H18ClN5. The number of hydrogen-bond donors (Lipinski definition) is 0. The largest absolute Gasteiger partial charge is 0.368 e. The van der Waals surface area contributed by atoms with E-state index >= 15 is 0 Å². The van der Waals surface area contributed by atoms with E-state index < -0.39 is 0 Å². The van der Waals surface area contributed by atoms with E-state index in [9.17, 15) is 5.26 Å². The minimum Gasteiger partial charge on any atom is -0.368 e. The molecule has 25 heavy (non-hydrogen) atoms. The molecule has 1 saturated heterocycles. The van der Waals surface area contributed by atoms with Gasteiger partial charge < -0.3 is 4.90 Å². The Morgan fingerprint density at radius 3 is 2.64 bits per heavy atom. The molecule has 126 valence electrons. The average molecular weight is 352 g/mol. The van der Waals surface area contributed by atoms with Crippen LogP contribution in [0.25, 0.3) is 5.65 Å². The van der Waals surface area contributed by atoms with Gasteiger partial charge in [-0.3, -0.25) is 0 Å². The molecule has 1 fully saturated rings. The van der Waals surface area contributed by atoms with E-state index in [2.05, 4.69) is 39.3 Å². The van der Waals surface area contributed by atoms with Crippen LogP contribution in [0, 0.1) is 11.3 Å². The fourth-order valence-corrected chi connectivity index (χ4v) is 3.90. The summed E-state index contributed by atoms with van der Waals surface area (Å²) in [6, 6.07) is 14.4. The van der Waals surface area contributed by atoms with Crippen molar-refractivity contribution in [3.05, 3.63) is 59.5 Å². The number of aromatic nitrogens is 3. The van der Waals surface area contributed by atoms with Crippen LogP contribution in [-0.2, 0) is 5.41 Å². The van der Waals surface area contributed by atoms with Crippen LogP contribution in [0.4, 0.5) is 5.69 Å². The van der Waals surface area contributed by atoms with E-state index in [1.54, 1.807) is 10.8 Å². The van der Waals surface area contributed by atoms with Crippen molar-refractivity contribution in [1.82, 2.24) is 14.6 Å². The molecule has 0 N–H and O–H groups in total. The molecule has 0 radical (unpaired) electrons. The first kappa shape index (κ1) is 15.9. The first-order chi connectivity index (χ1) is 12.2. The number of halogens is 1. The van der Waals surface area contributed by atoms with Gasteiger partial charge in [-0.05, 0) is 42.7 Å². The number of piperidine rings is 1. The first-order valence-corrected chi connectivity index (χ1v) is 8.76. The highest BCUT2D eigenvalue weighted by atomic mass is 35.5. The highest BCUT2D eigenvalue weighted by Gasteiger charge is 2.36. The van der Waals surface area contributed by atoms with Gasteiger partial charge in [0.2, 0.25) is 0 Å². The van der Waals surface area contributed by atoms with Crippen LogP contribution >= 0.6 is 11.6 Å². The number of anilines is 1. The zero-order chi connectivity index (χ0) is 17.3. The molecule has 0 atom stereocenters. The van der Waals surface area contributed by atoms with Gasteiger partial charge in [-0.2, -0.15) is 10.4 Å². The number of nitrogens with zero attached hydrogens (tertiary/aromatic N) is 5. The van der Waals surface area contributed by atoms with Crippen LogP contribution in [0.3, 0.4) is 0 Å². The summed E-state index contributed by atoms with van der Waals surface area (Å²) in [6.45, 7) is 1.77. The maximum atomic E-state index is 9.38. The van der Waals surface area contributed by atoms with Crippen LogP contribution in [0.5, 0.6) is 0 Å². The third-order valence-corrected chi connectivity index (χ3v) is 5.47. The molecule has 1 aliphatic rings. The molecule has 0 aliphatic carbocycles. The van der Waals surface area contributed by atoms with E-state index in [4.69, 9.17) is 11.6 Å². The highest BCUT2D eigenvalue weighted by molar-refractivity contribution is 6.30. The van der Waals surface area contributed by atoms with Crippen molar-refractivity contribution in [1.29, 1.82) is 5.26 Å². The highest BCUT2D eigenvalue weighted by Crippen LogP contribution is 2.40. The SMILES string of the molecule is N#CCC1(c2ccc(Cl)cc2)CCN(c2cccn3ncnc23)CC1. The Bertz CT molecular complexity index is 917. The Hall–Kier alpha value is -2.58. The van der Waals surface area contributed by atoms with Crippen LogP contribution in [0.2, 0.25) is 5.02 Å². The molecule has 3 heterocycles. The number of rotatable bonds is 3. The summed E-state index contributed by atoms with van der Waals surface area (Å²) in [6.07, 6.45) is 5.87. The van der Waals surface area contributed by atoms with Crippen molar-refractivity contribution in [3.8, 4) is 6.07 Å². The second-order valence-electron chi connectivity index (χ2n) is 6.53. The van der Waals surface area contributed by atoms with Gasteiger partial charge in [0.1, 0.15) is 6.33 Å². The van der Waals surface area contributed by atoms with Crippen molar-refractivity contribution < 1.29 is 0 Å². The van der Waals surface area contributed by atoms with Crippen molar-refractivity contribution in [3.63, 3.8) is 0 Å². The summed E-state index contributed by atoms with van der Waals surface area (Å²) in [7, 11) is 0. The number of pyridine rings is 1. The lowest BCUT2D eigenvalue weighted by atomic mass is 9.71. The summed E-state index contributed by atoms with van der Waals surface area (Å²) >= 11 is 6.03. The molecular weight excluding hydrogens is 334 g/mol. The van der Waals surface area contributed by atoms with Gasteiger partial charge in [-0.1, -0.05) is 23.7 Å². The molecule has 5 nitrogen and oxygen atoms in total. The fourth-order valence-electron chi connectivity index (χ4n) is 3.78. The fraction of sp³-hybridized carbons (Fsp3) is 0.316. The zero-order valence-electron chi connectivity index (χ0n) is 13.8. The predicted octanol–water partition coefficient (Wildman–Crippen LogP) is 3.83. The molecule has 0 bridgehead atoms. The molecule has 3 aromatic rings. The van der Waals surface area contributed by atoms with E-state index in [1.807, 2.05) is 24.4 Å². The van der Waals surface area contributed by atoms with Crippen molar-refractivity contribution in [2.24, 2.45) is 0 Å². The summed E-state index contributed by atoms with van der Waals surface area (Å²) in [5.41, 5.74) is 3.08. The van der Waals surface area contributed by atoms with Gasteiger partial charge in [-0.25, -0.2) is 9.50 Å². The Balaban J connectivity index is 1.61. The zero-order valence-corrected chi connectivity index (χ0v) is 14.5. The number of hydrogen-bond acceptors (Lipinski definition) is 4. The van der Waals surface area contributed by atoms with Gasteiger partial charge in [0.05, 0.1) is 11.8 Å². The molecule has 0 spiro atoms. The van der Waals surface area contributed by atoms with Crippen LogP contribution in [0.15, 0.2) is 48.9 Å². The molecule has 6 heteroatoms. The van der Waals surface area contributed by atoms with Crippen LogP contribution in [0.1, 0.15) is 24.8 Å². The van der Waals surface area contributed by atoms with Gasteiger partial charge in [0, 0.05) is 36.1 Å². The molecule has 0 unspecified atom stereocenters. The molecule has 0 amide bonds. The minimum atomic E-state index is -0.103. The Morgan fingerprint density at radius 1 is 1.16 bits per heavy atom. The third-order valence-electron chi connectivity index (χ3n) is 5.22. The second kappa shape index (κ2) is 6.38. The van der Waals surface area contributed by atoms with Gasteiger partial charge in [-0.15, -0.1) is 0 Å². The van der Waals surface area contributed by atoms with Gasteiger partial charge >= 0.3 is 0 Å². The first-order valence-electron chi connectivity index (χ1n) is 8.38. The van der Waals surface area contributed by atoms with E-state index in [-0.39, 0.29) is 5.41 Å². The third kappa shape index (κ3) is 2.83. The van der Waals surface area contributed by atoms with Gasteiger partial charge in [0.15, 0.2) is 5.65 Å². The van der Waals surface area contributed by atoms with Crippen molar-refractivity contribution in [2.75, 3.05) is 18.0 Å². The summed E-state index contributed by atoms with van der Waals surface area (Å²) in [5, 5.41) is 14.3. The molecule has 4 rings (SSSR count). The van der Waals surface area contributed by atoms with E-state index in [0.29, 0.717) is 6.42 Å².